The van der Waals surface area contributed by atoms with Crippen LogP contribution < -0.4 is 10.6 Å². The van der Waals surface area contributed by atoms with E-state index in [-0.39, 0.29) is 11.9 Å². The Balaban J connectivity index is 2.17. The van der Waals surface area contributed by atoms with Gasteiger partial charge in [-0.25, -0.2) is 0 Å². The van der Waals surface area contributed by atoms with E-state index < -0.39 is 0 Å². The fraction of sp³-hybridized carbons (Fsp3) is 0.375. The molecule has 1 aromatic rings. The number of nitrogens with zero attached hydrogens (tertiary/aromatic N) is 2. The summed E-state index contributed by atoms with van der Waals surface area (Å²) in [5.41, 5.74) is 1.71. The molecule has 0 saturated carbocycles. The van der Waals surface area contributed by atoms with E-state index in [2.05, 4.69) is 20.6 Å². The highest BCUT2D eigenvalue weighted by atomic mass is 32.1. The lowest BCUT2D eigenvalue weighted by Crippen LogP contribution is -2.25. The molecular formula is C8H10N4OS. The maximum Gasteiger partial charge on any atom is 0.254 e. The summed E-state index contributed by atoms with van der Waals surface area (Å²) < 4.78 is 0. The van der Waals surface area contributed by atoms with Crippen molar-refractivity contribution in [2.45, 2.75) is 13.0 Å². The Bertz CT molecular complexity index is 359. The van der Waals surface area contributed by atoms with Crippen LogP contribution in [-0.4, -0.2) is 23.4 Å². The summed E-state index contributed by atoms with van der Waals surface area (Å²) in [6.07, 6.45) is 1.69. The first-order valence-electron chi connectivity index (χ1n) is 4.31. The molecule has 0 bridgehead atoms. The fourth-order valence-electron chi connectivity index (χ4n) is 1.24. The van der Waals surface area contributed by atoms with Crippen LogP contribution in [-0.2, 0) is 4.79 Å². The Morgan fingerprint density at radius 3 is 3.21 bits per heavy atom. The zero-order chi connectivity index (χ0) is 9.97. The number of rotatable bonds is 2. The highest BCUT2D eigenvalue weighted by Crippen LogP contribution is 2.19. The SMILES string of the molecule is CCN=C1NC(=O)C(c2cncs2)N1. The zero-order valence-corrected chi connectivity index (χ0v) is 8.47. The largest absolute Gasteiger partial charge is 0.340 e. The highest BCUT2D eigenvalue weighted by Gasteiger charge is 2.30. The Labute approximate surface area is 85.3 Å². The molecule has 5 nitrogen and oxygen atoms in total. The van der Waals surface area contributed by atoms with Crippen molar-refractivity contribution in [3.63, 3.8) is 0 Å². The molecule has 1 atom stereocenters. The average molecular weight is 210 g/mol. The number of nitrogens with one attached hydrogen (secondary N) is 2. The average Bonchev–Trinajstić information content (AvgIpc) is 2.74. The number of hydrogen-bond donors (Lipinski definition) is 2. The van der Waals surface area contributed by atoms with E-state index in [0.717, 1.165) is 4.88 Å². The summed E-state index contributed by atoms with van der Waals surface area (Å²) in [6.45, 7) is 2.57. The number of hydrogen-bond acceptors (Lipinski definition) is 4. The number of carbonyl (C=O) groups is 1. The third kappa shape index (κ3) is 1.60. The van der Waals surface area contributed by atoms with Gasteiger partial charge in [0, 0.05) is 12.7 Å². The molecule has 0 aromatic carbocycles. The molecule has 14 heavy (non-hydrogen) atoms. The van der Waals surface area contributed by atoms with Gasteiger partial charge in [0.15, 0.2) is 5.96 Å². The maximum atomic E-state index is 11.5. The van der Waals surface area contributed by atoms with Crippen LogP contribution in [0.1, 0.15) is 17.8 Å². The van der Waals surface area contributed by atoms with Crippen LogP contribution in [0.2, 0.25) is 0 Å². The first-order chi connectivity index (χ1) is 6.81. The quantitative estimate of drug-likeness (QED) is 0.736. The second-order valence-corrected chi connectivity index (χ2v) is 3.71. The van der Waals surface area contributed by atoms with Gasteiger partial charge in [-0.15, -0.1) is 11.3 Å². The normalized spacial score (nSPS) is 23.6. The second-order valence-electron chi connectivity index (χ2n) is 2.79. The minimum Gasteiger partial charge on any atom is -0.340 e. The van der Waals surface area contributed by atoms with Gasteiger partial charge in [-0.2, -0.15) is 0 Å². The molecule has 1 aliphatic rings. The van der Waals surface area contributed by atoms with Crippen molar-refractivity contribution >= 4 is 23.2 Å². The van der Waals surface area contributed by atoms with Crippen LogP contribution in [0.4, 0.5) is 0 Å². The molecule has 2 heterocycles. The first-order valence-corrected chi connectivity index (χ1v) is 5.19. The number of carbonyl (C=O) groups excluding carboxylic acids is 1. The Kier molecular flexibility index (Phi) is 2.45. The number of thiazole rings is 1. The van der Waals surface area contributed by atoms with Gasteiger partial charge in [-0.05, 0) is 6.92 Å². The highest BCUT2D eigenvalue weighted by molar-refractivity contribution is 7.09. The zero-order valence-electron chi connectivity index (χ0n) is 7.65. The van der Waals surface area contributed by atoms with Crippen molar-refractivity contribution in [2.24, 2.45) is 4.99 Å². The van der Waals surface area contributed by atoms with Crippen LogP contribution in [0.5, 0.6) is 0 Å². The van der Waals surface area contributed by atoms with Crippen LogP contribution in [0.25, 0.3) is 0 Å². The van der Waals surface area contributed by atoms with E-state index >= 15 is 0 Å². The van der Waals surface area contributed by atoms with Gasteiger partial charge in [0.1, 0.15) is 6.04 Å². The molecule has 1 saturated heterocycles. The molecule has 74 valence electrons. The molecule has 6 heteroatoms. The van der Waals surface area contributed by atoms with Gasteiger partial charge < -0.3 is 5.32 Å². The van der Waals surface area contributed by atoms with E-state index in [0.29, 0.717) is 12.5 Å². The van der Waals surface area contributed by atoms with Crippen molar-refractivity contribution < 1.29 is 4.79 Å². The first kappa shape index (κ1) is 9.14. The third-order valence-electron chi connectivity index (χ3n) is 1.84. The number of guanidine groups is 1. The van der Waals surface area contributed by atoms with Gasteiger partial charge in [-0.3, -0.25) is 20.1 Å². The predicted octanol–water partition coefficient (Wildman–Crippen LogP) is 0.280. The third-order valence-corrected chi connectivity index (χ3v) is 2.68. The lowest BCUT2D eigenvalue weighted by atomic mass is 10.3. The van der Waals surface area contributed by atoms with Gasteiger partial charge in [0.25, 0.3) is 5.91 Å². The molecular weight excluding hydrogens is 200 g/mol. The summed E-state index contributed by atoms with van der Waals surface area (Å²) in [4.78, 5) is 20.4. The van der Waals surface area contributed by atoms with E-state index in [9.17, 15) is 4.79 Å². The predicted molar refractivity (Wildman–Crippen MR) is 54.1 cm³/mol. The number of aliphatic imine (C=N–C) groups is 1. The van der Waals surface area contributed by atoms with Crippen molar-refractivity contribution in [3.05, 3.63) is 16.6 Å². The smallest absolute Gasteiger partial charge is 0.254 e. The van der Waals surface area contributed by atoms with Crippen LogP contribution in [0, 0.1) is 0 Å². The molecule has 1 aromatic heterocycles. The Morgan fingerprint density at radius 1 is 1.71 bits per heavy atom. The lowest BCUT2D eigenvalue weighted by molar-refractivity contribution is -0.120. The summed E-state index contributed by atoms with van der Waals surface area (Å²) >= 11 is 1.45. The molecule has 1 fully saturated rings. The van der Waals surface area contributed by atoms with Crippen LogP contribution >= 0.6 is 11.3 Å². The minimum absolute atomic E-state index is 0.0681. The summed E-state index contributed by atoms with van der Waals surface area (Å²) in [7, 11) is 0. The molecule has 2 rings (SSSR count). The number of aromatic nitrogens is 1. The maximum absolute atomic E-state index is 11.5. The van der Waals surface area contributed by atoms with Gasteiger partial charge in [0.2, 0.25) is 0 Å². The van der Waals surface area contributed by atoms with Gasteiger partial charge in [0.05, 0.1) is 10.4 Å². The summed E-state index contributed by atoms with van der Waals surface area (Å²) in [5, 5.41) is 5.68. The molecule has 0 aliphatic carbocycles. The van der Waals surface area contributed by atoms with Gasteiger partial charge >= 0.3 is 0 Å². The molecule has 2 N–H and O–H groups in total. The topological polar surface area (TPSA) is 66.4 Å². The molecule has 1 aliphatic heterocycles. The molecule has 1 unspecified atom stereocenters. The summed E-state index contributed by atoms with van der Waals surface area (Å²) in [5.74, 6) is 0.484. The molecule has 0 radical (unpaired) electrons. The minimum atomic E-state index is -0.326. The van der Waals surface area contributed by atoms with Crippen LogP contribution in [0.3, 0.4) is 0 Å². The molecule has 0 spiro atoms. The standard InChI is InChI=1S/C8H10N4OS/c1-2-10-8-11-6(7(13)12-8)5-3-9-4-14-5/h3-4,6H,2H2,1H3,(H2,10,11,12,13). The fourth-order valence-corrected chi connectivity index (χ4v) is 1.91. The van der Waals surface area contributed by atoms with E-state index in [1.165, 1.54) is 11.3 Å². The van der Waals surface area contributed by atoms with E-state index in [1.54, 1.807) is 11.7 Å². The Hall–Kier alpha value is -1.43. The van der Waals surface area contributed by atoms with Crippen molar-refractivity contribution in [2.75, 3.05) is 6.54 Å². The van der Waals surface area contributed by atoms with E-state index in [1.807, 2.05) is 6.92 Å². The van der Waals surface area contributed by atoms with Crippen molar-refractivity contribution in [3.8, 4) is 0 Å². The van der Waals surface area contributed by atoms with Gasteiger partial charge in [-0.1, -0.05) is 0 Å². The van der Waals surface area contributed by atoms with E-state index in [4.69, 9.17) is 0 Å². The van der Waals surface area contributed by atoms with Crippen molar-refractivity contribution in [1.29, 1.82) is 0 Å². The molecule has 1 amide bonds. The monoisotopic (exact) mass is 210 g/mol. The lowest BCUT2D eigenvalue weighted by Gasteiger charge is -2.02. The van der Waals surface area contributed by atoms with Crippen LogP contribution in [0.15, 0.2) is 16.7 Å². The Morgan fingerprint density at radius 2 is 2.57 bits per heavy atom. The van der Waals surface area contributed by atoms with Crippen molar-refractivity contribution in [1.82, 2.24) is 15.6 Å². The second kappa shape index (κ2) is 3.75. The summed E-state index contributed by atoms with van der Waals surface area (Å²) in [6, 6.07) is -0.326. The number of amides is 1.